The second-order valence-electron chi connectivity index (χ2n) is 5.07. The Labute approximate surface area is 85.8 Å². The molecule has 2 rings (SSSR count). The van der Waals surface area contributed by atoms with Crippen molar-refractivity contribution in [3.63, 3.8) is 0 Å². The zero-order valence-electron chi connectivity index (χ0n) is 9.18. The van der Waals surface area contributed by atoms with E-state index in [9.17, 15) is 4.79 Å². The van der Waals surface area contributed by atoms with Crippen LogP contribution < -0.4 is 5.32 Å². The van der Waals surface area contributed by atoms with E-state index in [1.165, 1.54) is 19.4 Å². The minimum atomic E-state index is 0.0752. The number of amides is 1. The number of carbonyl (C=O) groups is 1. The summed E-state index contributed by atoms with van der Waals surface area (Å²) in [5.74, 6) is 0.883. The Morgan fingerprint density at radius 1 is 1.57 bits per heavy atom. The van der Waals surface area contributed by atoms with Crippen molar-refractivity contribution in [2.45, 2.75) is 38.1 Å². The molecule has 1 N–H and O–H groups in total. The molecule has 0 radical (unpaired) electrons. The van der Waals surface area contributed by atoms with E-state index in [0.717, 1.165) is 19.4 Å². The van der Waals surface area contributed by atoms with Crippen molar-refractivity contribution in [3.05, 3.63) is 0 Å². The lowest BCUT2D eigenvalue weighted by molar-refractivity contribution is -0.120. The molecule has 2 fully saturated rings. The third-order valence-electron chi connectivity index (χ3n) is 3.82. The second-order valence-corrected chi connectivity index (χ2v) is 5.07. The summed E-state index contributed by atoms with van der Waals surface area (Å²) in [7, 11) is 2.17. The lowest BCUT2D eigenvalue weighted by atomic mass is 9.79. The average molecular weight is 196 g/mol. The molecule has 1 amide bonds. The van der Waals surface area contributed by atoms with Crippen LogP contribution in [0.5, 0.6) is 0 Å². The SMILES string of the molecule is CN1CCCC(C2(C)CCC(=O)N2)C1. The fraction of sp³-hybridized carbons (Fsp3) is 0.909. The Morgan fingerprint density at radius 2 is 2.36 bits per heavy atom. The van der Waals surface area contributed by atoms with Gasteiger partial charge in [0.15, 0.2) is 0 Å². The van der Waals surface area contributed by atoms with E-state index >= 15 is 0 Å². The largest absolute Gasteiger partial charge is 0.351 e. The van der Waals surface area contributed by atoms with Gasteiger partial charge in [0.05, 0.1) is 0 Å². The molecule has 2 saturated heterocycles. The predicted octanol–water partition coefficient (Wildman–Crippen LogP) is 0.997. The van der Waals surface area contributed by atoms with E-state index in [1.807, 2.05) is 0 Å². The second kappa shape index (κ2) is 3.54. The molecule has 2 heterocycles. The molecule has 80 valence electrons. The topological polar surface area (TPSA) is 32.3 Å². The maximum Gasteiger partial charge on any atom is 0.220 e. The van der Waals surface area contributed by atoms with Gasteiger partial charge in [-0.1, -0.05) is 0 Å². The third kappa shape index (κ3) is 1.78. The van der Waals surface area contributed by atoms with Crippen LogP contribution in [0.2, 0.25) is 0 Å². The van der Waals surface area contributed by atoms with Crippen molar-refractivity contribution in [3.8, 4) is 0 Å². The Hall–Kier alpha value is -0.570. The van der Waals surface area contributed by atoms with Gasteiger partial charge in [0.25, 0.3) is 0 Å². The van der Waals surface area contributed by atoms with Crippen molar-refractivity contribution >= 4 is 5.91 Å². The first-order valence-electron chi connectivity index (χ1n) is 5.60. The molecule has 3 nitrogen and oxygen atoms in total. The standard InChI is InChI=1S/C11H20N2O/c1-11(6-5-10(14)12-11)9-4-3-7-13(2)8-9/h9H,3-8H2,1-2H3,(H,12,14). The highest BCUT2D eigenvalue weighted by atomic mass is 16.2. The summed E-state index contributed by atoms with van der Waals surface area (Å²) >= 11 is 0. The Morgan fingerprint density at radius 3 is 2.93 bits per heavy atom. The number of hydrogen-bond acceptors (Lipinski definition) is 2. The van der Waals surface area contributed by atoms with Gasteiger partial charge >= 0.3 is 0 Å². The van der Waals surface area contributed by atoms with Crippen LogP contribution in [0.3, 0.4) is 0 Å². The van der Waals surface area contributed by atoms with Gasteiger partial charge in [0.1, 0.15) is 0 Å². The van der Waals surface area contributed by atoms with Crippen LogP contribution in [-0.2, 0) is 4.79 Å². The van der Waals surface area contributed by atoms with Crippen LogP contribution >= 0.6 is 0 Å². The molecule has 2 aliphatic rings. The summed E-state index contributed by atoms with van der Waals surface area (Å²) in [5, 5.41) is 3.15. The summed E-state index contributed by atoms with van der Waals surface area (Å²) in [6.45, 7) is 4.55. The van der Waals surface area contributed by atoms with Crippen LogP contribution in [0.1, 0.15) is 32.6 Å². The summed E-state index contributed by atoms with van der Waals surface area (Å²) < 4.78 is 0. The molecule has 0 saturated carbocycles. The van der Waals surface area contributed by atoms with Crippen molar-refractivity contribution in [1.82, 2.24) is 10.2 Å². The van der Waals surface area contributed by atoms with E-state index in [2.05, 4.69) is 24.2 Å². The molecular formula is C11H20N2O. The third-order valence-corrected chi connectivity index (χ3v) is 3.82. The van der Waals surface area contributed by atoms with Crippen LogP contribution in [0.4, 0.5) is 0 Å². The first-order chi connectivity index (χ1) is 6.60. The number of rotatable bonds is 1. The van der Waals surface area contributed by atoms with E-state index in [1.54, 1.807) is 0 Å². The average Bonchev–Trinajstić information content (AvgIpc) is 2.48. The lowest BCUT2D eigenvalue weighted by Gasteiger charge is -2.40. The van der Waals surface area contributed by atoms with Gasteiger partial charge < -0.3 is 10.2 Å². The summed E-state index contributed by atoms with van der Waals surface area (Å²) in [6, 6.07) is 0. The van der Waals surface area contributed by atoms with Gasteiger partial charge in [-0.3, -0.25) is 4.79 Å². The maximum atomic E-state index is 11.3. The number of likely N-dealkylation sites (tertiary alicyclic amines) is 1. The first-order valence-corrected chi connectivity index (χ1v) is 5.60. The molecule has 0 spiro atoms. The highest BCUT2D eigenvalue weighted by molar-refractivity contribution is 5.79. The van der Waals surface area contributed by atoms with E-state index in [-0.39, 0.29) is 11.4 Å². The van der Waals surface area contributed by atoms with Gasteiger partial charge in [-0.15, -0.1) is 0 Å². The fourth-order valence-electron chi connectivity index (χ4n) is 2.81. The molecule has 0 bridgehead atoms. The minimum Gasteiger partial charge on any atom is -0.351 e. The predicted molar refractivity (Wildman–Crippen MR) is 56.0 cm³/mol. The smallest absolute Gasteiger partial charge is 0.220 e. The zero-order valence-corrected chi connectivity index (χ0v) is 9.18. The quantitative estimate of drug-likeness (QED) is 0.678. The van der Waals surface area contributed by atoms with Crippen LogP contribution in [0, 0.1) is 5.92 Å². The highest BCUT2D eigenvalue weighted by Gasteiger charge is 2.41. The van der Waals surface area contributed by atoms with Crippen molar-refractivity contribution in [2.75, 3.05) is 20.1 Å². The Bertz CT molecular complexity index is 241. The Kier molecular flexibility index (Phi) is 2.52. The first kappa shape index (κ1) is 9.97. The van der Waals surface area contributed by atoms with Gasteiger partial charge in [0, 0.05) is 18.5 Å². The number of nitrogens with one attached hydrogen (secondary N) is 1. The minimum absolute atomic E-state index is 0.0752. The molecule has 14 heavy (non-hydrogen) atoms. The molecule has 0 aromatic heterocycles. The normalized spacial score (nSPS) is 39.9. The van der Waals surface area contributed by atoms with Gasteiger partial charge in [-0.05, 0) is 45.7 Å². The number of hydrogen-bond donors (Lipinski definition) is 1. The van der Waals surface area contributed by atoms with E-state index in [0.29, 0.717) is 5.92 Å². The fourth-order valence-corrected chi connectivity index (χ4v) is 2.81. The molecule has 2 aliphatic heterocycles. The molecule has 0 aromatic rings. The zero-order chi connectivity index (χ0) is 10.2. The van der Waals surface area contributed by atoms with Crippen molar-refractivity contribution in [2.24, 2.45) is 5.92 Å². The Balaban J connectivity index is 2.02. The summed E-state index contributed by atoms with van der Waals surface area (Å²) in [6.07, 6.45) is 4.27. The van der Waals surface area contributed by atoms with Crippen LogP contribution in [0.25, 0.3) is 0 Å². The highest BCUT2D eigenvalue weighted by Crippen LogP contribution is 2.33. The molecule has 3 heteroatoms. The van der Waals surface area contributed by atoms with Gasteiger partial charge in [0.2, 0.25) is 5.91 Å². The lowest BCUT2D eigenvalue weighted by Crippen LogP contribution is -2.51. The van der Waals surface area contributed by atoms with Crippen molar-refractivity contribution in [1.29, 1.82) is 0 Å². The molecule has 0 aromatic carbocycles. The molecule has 0 aliphatic carbocycles. The number of nitrogens with zero attached hydrogens (tertiary/aromatic N) is 1. The molecule has 2 atom stereocenters. The molecular weight excluding hydrogens is 176 g/mol. The summed E-state index contributed by atoms with van der Waals surface area (Å²) in [5.41, 5.74) is 0.0752. The van der Waals surface area contributed by atoms with Crippen LogP contribution in [-0.4, -0.2) is 36.5 Å². The van der Waals surface area contributed by atoms with Crippen molar-refractivity contribution < 1.29 is 4.79 Å². The number of piperidine rings is 1. The van der Waals surface area contributed by atoms with Gasteiger partial charge in [-0.25, -0.2) is 0 Å². The van der Waals surface area contributed by atoms with Gasteiger partial charge in [-0.2, -0.15) is 0 Å². The summed E-state index contributed by atoms with van der Waals surface area (Å²) in [4.78, 5) is 13.6. The maximum absolute atomic E-state index is 11.3. The molecule has 2 unspecified atom stereocenters. The van der Waals surface area contributed by atoms with E-state index in [4.69, 9.17) is 0 Å². The van der Waals surface area contributed by atoms with Crippen LogP contribution in [0.15, 0.2) is 0 Å². The monoisotopic (exact) mass is 196 g/mol. The van der Waals surface area contributed by atoms with E-state index < -0.39 is 0 Å². The number of carbonyl (C=O) groups excluding carboxylic acids is 1.